The Bertz CT molecular complexity index is 628. The fourth-order valence-electron chi connectivity index (χ4n) is 1.95. The van der Waals surface area contributed by atoms with Crippen LogP contribution in [0.5, 0.6) is 5.75 Å². The van der Waals surface area contributed by atoms with Gasteiger partial charge in [0.25, 0.3) is 0 Å². The third-order valence-corrected chi connectivity index (χ3v) is 3.57. The van der Waals surface area contributed by atoms with Gasteiger partial charge in [-0.05, 0) is 30.3 Å². The van der Waals surface area contributed by atoms with Gasteiger partial charge in [-0.25, -0.2) is 8.78 Å². The van der Waals surface area contributed by atoms with E-state index < -0.39 is 17.7 Å². The van der Waals surface area contributed by atoms with Crippen molar-refractivity contribution in [3.05, 3.63) is 62.6 Å². The Balaban J connectivity index is 2.57. The molecule has 0 radical (unpaired) electrons. The zero-order valence-corrected chi connectivity index (χ0v) is 12.8. The van der Waals surface area contributed by atoms with Crippen molar-refractivity contribution in [2.75, 3.05) is 7.11 Å². The normalized spacial score (nSPS) is 12.3. The lowest BCUT2D eigenvalue weighted by Crippen LogP contribution is -2.16. The second-order valence-corrected chi connectivity index (χ2v) is 5.50. The lowest BCUT2D eigenvalue weighted by molar-refractivity contribution is 0.406. The molecule has 0 heterocycles. The number of hydrogen-bond donors (Lipinski definition) is 1. The third-order valence-electron chi connectivity index (χ3n) is 2.88. The van der Waals surface area contributed by atoms with Gasteiger partial charge in [-0.1, -0.05) is 27.5 Å². The van der Waals surface area contributed by atoms with Crippen LogP contribution in [0.2, 0.25) is 5.02 Å². The highest BCUT2D eigenvalue weighted by Crippen LogP contribution is 2.34. The number of ether oxygens (including phenoxy) is 1. The number of halogens is 4. The minimum Gasteiger partial charge on any atom is -0.496 e. The van der Waals surface area contributed by atoms with Gasteiger partial charge in [-0.15, -0.1) is 0 Å². The number of benzene rings is 2. The van der Waals surface area contributed by atoms with E-state index in [1.54, 1.807) is 12.1 Å². The molecule has 0 bridgehead atoms. The summed E-state index contributed by atoms with van der Waals surface area (Å²) >= 11 is 8.93. The molecule has 0 aliphatic carbocycles. The molecule has 0 spiro atoms. The van der Waals surface area contributed by atoms with Crippen LogP contribution in [0.25, 0.3) is 0 Å². The first-order valence-corrected chi connectivity index (χ1v) is 6.84. The molecule has 2 aromatic rings. The van der Waals surface area contributed by atoms with Crippen LogP contribution in [0.4, 0.5) is 8.78 Å². The second-order valence-electron chi connectivity index (χ2n) is 4.15. The zero-order valence-electron chi connectivity index (χ0n) is 10.5. The summed E-state index contributed by atoms with van der Waals surface area (Å²) in [6.07, 6.45) is 0. The zero-order chi connectivity index (χ0) is 14.9. The van der Waals surface area contributed by atoms with Crippen LogP contribution in [0, 0.1) is 11.6 Å². The molecule has 0 amide bonds. The van der Waals surface area contributed by atoms with Crippen LogP contribution in [0.15, 0.2) is 34.8 Å². The quantitative estimate of drug-likeness (QED) is 0.876. The lowest BCUT2D eigenvalue weighted by atomic mass is 9.97. The molecule has 0 fully saturated rings. The van der Waals surface area contributed by atoms with Crippen molar-refractivity contribution in [1.29, 1.82) is 0 Å². The first-order valence-electron chi connectivity index (χ1n) is 5.67. The van der Waals surface area contributed by atoms with Crippen molar-refractivity contribution in [1.82, 2.24) is 0 Å². The molecule has 6 heteroatoms. The van der Waals surface area contributed by atoms with E-state index in [1.165, 1.54) is 13.2 Å². The van der Waals surface area contributed by atoms with Crippen LogP contribution < -0.4 is 10.5 Å². The van der Waals surface area contributed by atoms with Gasteiger partial charge in [0.2, 0.25) is 0 Å². The summed E-state index contributed by atoms with van der Waals surface area (Å²) in [7, 11) is 1.45. The molecule has 0 aromatic heterocycles. The molecule has 1 unspecified atom stereocenters. The monoisotopic (exact) mass is 361 g/mol. The Hall–Kier alpha value is -1.17. The molecule has 2 rings (SSSR count). The van der Waals surface area contributed by atoms with E-state index in [-0.39, 0.29) is 5.56 Å². The summed E-state index contributed by atoms with van der Waals surface area (Å²) in [6, 6.07) is 6.06. The van der Waals surface area contributed by atoms with E-state index in [0.717, 1.165) is 12.1 Å². The predicted octanol–water partition coefficient (Wildman–Crippen LogP) is 4.44. The van der Waals surface area contributed by atoms with E-state index in [9.17, 15) is 8.78 Å². The standard InChI is InChI=1S/C14H11BrClF2NO/c1-20-12-3-2-8(16)6-9(12)14(19)13-10(17)4-7(15)5-11(13)18/h2-6,14H,19H2,1H3. The van der Waals surface area contributed by atoms with E-state index >= 15 is 0 Å². The Labute approximate surface area is 128 Å². The molecule has 2 N–H and O–H groups in total. The molecule has 0 saturated carbocycles. The molecular weight excluding hydrogens is 352 g/mol. The Morgan fingerprint density at radius 2 is 1.80 bits per heavy atom. The fourth-order valence-corrected chi connectivity index (χ4v) is 2.54. The van der Waals surface area contributed by atoms with Gasteiger partial charge in [-0.2, -0.15) is 0 Å². The highest BCUT2D eigenvalue weighted by molar-refractivity contribution is 9.10. The predicted molar refractivity (Wildman–Crippen MR) is 78.1 cm³/mol. The van der Waals surface area contributed by atoms with E-state index in [1.807, 2.05) is 0 Å². The Morgan fingerprint density at radius 3 is 2.35 bits per heavy atom. The average Bonchev–Trinajstić information content (AvgIpc) is 2.37. The summed E-state index contributed by atoms with van der Waals surface area (Å²) in [5.41, 5.74) is 6.17. The van der Waals surface area contributed by atoms with Crippen molar-refractivity contribution in [3.8, 4) is 5.75 Å². The van der Waals surface area contributed by atoms with Crippen LogP contribution in [-0.4, -0.2) is 7.11 Å². The number of hydrogen-bond acceptors (Lipinski definition) is 2. The summed E-state index contributed by atoms with van der Waals surface area (Å²) in [5.74, 6) is -1.04. The number of rotatable bonds is 3. The maximum atomic E-state index is 14.0. The van der Waals surface area contributed by atoms with E-state index in [4.69, 9.17) is 22.1 Å². The van der Waals surface area contributed by atoms with Crippen molar-refractivity contribution >= 4 is 27.5 Å². The molecule has 20 heavy (non-hydrogen) atoms. The van der Waals surface area contributed by atoms with Gasteiger partial charge in [0.05, 0.1) is 13.2 Å². The lowest BCUT2D eigenvalue weighted by Gasteiger charge is -2.18. The molecular formula is C14H11BrClF2NO. The second kappa shape index (κ2) is 6.08. The third kappa shape index (κ3) is 2.95. The van der Waals surface area contributed by atoms with Gasteiger partial charge < -0.3 is 10.5 Å². The van der Waals surface area contributed by atoms with Crippen LogP contribution in [0.3, 0.4) is 0 Å². The van der Waals surface area contributed by atoms with Crippen molar-refractivity contribution in [2.45, 2.75) is 6.04 Å². The van der Waals surface area contributed by atoms with Gasteiger partial charge in [0.15, 0.2) is 0 Å². The maximum Gasteiger partial charge on any atom is 0.132 e. The highest BCUT2D eigenvalue weighted by atomic mass is 79.9. The van der Waals surface area contributed by atoms with Gasteiger partial charge in [-0.3, -0.25) is 0 Å². The summed E-state index contributed by atoms with van der Waals surface area (Å²) in [4.78, 5) is 0. The van der Waals surface area contributed by atoms with Crippen LogP contribution in [0.1, 0.15) is 17.2 Å². The van der Waals surface area contributed by atoms with E-state index in [2.05, 4.69) is 15.9 Å². The molecule has 0 saturated heterocycles. The summed E-state index contributed by atoms with van der Waals surface area (Å²) in [5, 5.41) is 0.411. The molecule has 106 valence electrons. The SMILES string of the molecule is COc1ccc(Cl)cc1C(N)c1c(F)cc(Br)cc1F. The molecule has 0 aliphatic heterocycles. The van der Waals surface area contributed by atoms with Crippen LogP contribution in [-0.2, 0) is 0 Å². The van der Waals surface area contributed by atoms with Gasteiger partial charge >= 0.3 is 0 Å². The Morgan fingerprint density at radius 1 is 1.20 bits per heavy atom. The largest absolute Gasteiger partial charge is 0.496 e. The van der Waals surface area contributed by atoms with Crippen LogP contribution >= 0.6 is 27.5 Å². The molecule has 1 atom stereocenters. The summed E-state index contributed by atoms with van der Waals surface area (Å²) < 4.78 is 33.4. The minimum atomic E-state index is -1.02. The maximum absolute atomic E-state index is 14.0. The smallest absolute Gasteiger partial charge is 0.132 e. The topological polar surface area (TPSA) is 35.2 Å². The first-order chi connectivity index (χ1) is 9.43. The number of nitrogens with two attached hydrogens (primary N) is 1. The number of methoxy groups -OCH3 is 1. The summed E-state index contributed by atoms with van der Waals surface area (Å²) in [6.45, 7) is 0. The first kappa shape index (κ1) is 15.2. The molecule has 2 aromatic carbocycles. The molecule has 2 nitrogen and oxygen atoms in total. The van der Waals surface area contributed by atoms with Gasteiger partial charge in [0.1, 0.15) is 17.4 Å². The van der Waals surface area contributed by atoms with Crippen molar-refractivity contribution < 1.29 is 13.5 Å². The molecule has 0 aliphatic rings. The van der Waals surface area contributed by atoms with Gasteiger partial charge in [0, 0.05) is 20.6 Å². The average molecular weight is 363 g/mol. The van der Waals surface area contributed by atoms with E-state index in [0.29, 0.717) is 20.8 Å². The minimum absolute atomic E-state index is 0.228. The Kier molecular flexibility index (Phi) is 4.62. The van der Waals surface area contributed by atoms with Crippen molar-refractivity contribution in [2.24, 2.45) is 5.73 Å². The fraction of sp³-hybridized carbons (Fsp3) is 0.143. The van der Waals surface area contributed by atoms with Crippen molar-refractivity contribution in [3.63, 3.8) is 0 Å². The highest BCUT2D eigenvalue weighted by Gasteiger charge is 2.22.